The highest BCUT2D eigenvalue weighted by molar-refractivity contribution is 6.25. The SMILES string of the molecule is CCCCCCCC[C@H]1CC[C@H](c2ccc(CC/C=C/Cl)c(F)c2F)CC1. The van der Waals surface area contributed by atoms with Crippen LogP contribution >= 0.6 is 11.6 Å². The van der Waals surface area contributed by atoms with Crippen molar-refractivity contribution in [2.75, 3.05) is 0 Å². The monoisotopic (exact) mass is 396 g/mol. The second-order valence-electron chi connectivity index (χ2n) is 8.12. The van der Waals surface area contributed by atoms with Gasteiger partial charge >= 0.3 is 0 Å². The van der Waals surface area contributed by atoms with Crippen molar-refractivity contribution in [2.24, 2.45) is 5.92 Å². The van der Waals surface area contributed by atoms with Crippen LogP contribution in [-0.4, -0.2) is 0 Å². The Labute approximate surface area is 169 Å². The van der Waals surface area contributed by atoms with Gasteiger partial charge in [0.05, 0.1) is 0 Å². The quantitative estimate of drug-likeness (QED) is 0.328. The van der Waals surface area contributed by atoms with Gasteiger partial charge in [0.1, 0.15) is 0 Å². The summed E-state index contributed by atoms with van der Waals surface area (Å²) in [6, 6.07) is 3.58. The van der Waals surface area contributed by atoms with E-state index in [9.17, 15) is 8.78 Å². The fourth-order valence-electron chi connectivity index (χ4n) is 4.39. The molecule has 27 heavy (non-hydrogen) atoms. The van der Waals surface area contributed by atoms with Gasteiger partial charge in [0.15, 0.2) is 11.6 Å². The third-order valence-electron chi connectivity index (χ3n) is 6.11. The number of benzene rings is 1. The van der Waals surface area contributed by atoms with Crippen molar-refractivity contribution in [2.45, 2.75) is 96.3 Å². The van der Waals surface area contributed by atoms with Crippen LogP contribution in [0, 0.1) is 17.6 Å². The normalized spacial score (nSPS) is 20.4. The maximum atomic E-state index is 14.6. The molecule has 3 heteroatoms. The third-order valence-corrected chi connectivity index (χ3v) is 6.29. The molecule has 0 spiro atoms. The molecule has 0 aromatic heterocycles. The predicted molar refractivity (Wildman–Crippen MR) is 112 cm³/mol. The van der Waals surface area contributed by atoms with Gasteiger partial charge in [-0.2, -0.15) is 0 Å². The van der Waals surface area contributed by atoms with Gasteiger partial charge in [-0.25, -0.2) is 8.78 Å². The van der Waals surface area contributed by atoms with E-state index in [-0.39, 0.29) is 5.92 Å². The van der Waals surface area contributed by atoms with E-state index in [0.29, 0.717) is 24.0 Å². The summed E-state index contributed by atoms with van der Waals surface area (Å²) in [6.07, 6.45) is 16.5. The topological polar surface area (TPSA) is 0 Å². The molecule has 0 unspecified atom stereocenters. The summed E-state index contributed by atoms with van der Waals surface area (Å²) in [5.74, 6) is -0.328. The van der Waals surface area contributed by atoms with Crippen molar-refractivity contribution < 1.29 is 8.78 Å². The van der Waals surface area contributed by atoms with E-state index in [1.807, 2.05) is 6.07 Å². The Morgan fingerprint density at radius 1 is 0.963 bits per heavy atom. The lowest BCUT2D eigenvalue weighted by atomic mass is 9.76. The maximum absolute atomic E-state index is 14.6. The number of rotatable bonds is 11. The molecular formula is C24H35ClF2. The molecule has 1 fully saturated rings. The molecule has 0 saturated heterocycles. The Kier molecular flexibility index (Phi) is 10.4. The molecule has 0 nitrogen and oxygen atoms in total. The summed E-state index contributed by atoms with van der Waals surface area (Å²) < 4.78 is 29.0. The zero-order valence-corrected chi connectivity index (χ0v) is 17.5. The van der Waals surface area contributed by atoms with Crippen LogP contribution in [0.2, 0.25) is 0 Å². The van der Waals surface area contributed by atoms with E-state index in [1.165, 1.54) is 50.5 Å². The Bertz CT molecular complexity index is 574. The summed E-state index contributed by atoms with van der Waals surface area (Å²) in [5.41, 5.74) is 2.46. The smallest absolute Gasteiger partial charge is 0.162 e. The van der Waals surface area contributed by atoms with Crippen molar-refractivity contribution in [1.82, 2.24) is 0 Å². The molecular weight excluding hydrogens is 362 g/mol. The fraction of sp³-hybridized carbons (Fsp3) is 0.667. The second kappa shape index (κ2) is 12.5. The first kappa shape index (κ1) is 22.4. The highest BCUT2D eigenvalue weighted by Crippen LogP contribution is 2.39. The molecule has 1 aromatic carbocycles. The van der Waals surface area contributed by atoms with E-state index >= 15 is 0 Å². The molecule has 1 aromatic rings. The van der Waals surface area contributed by atoms with Crippen molar-refractivity contribution in [3.8, 4) is 0 Å². The zero-order valence-electron chi connectivity index (χ0n) is 16.8. The van der Waals surface area contributed by atoms with Crippen LogP contribution in [0.5, 0.6) is 0 Å². The van der Waals surface area contributed by atoms with Gasteiger partial charge in [0.25, 0.3) is 0 Å². The average molecular weight is 397 g/mol. The molecule has 0 atom stereocenters. The molecule has 0 N–H and O–H groups in total. The van der Waals surface area contributed by atoms with Crippen LogP contribution in [0.3, 0.4) is 0 Å². The van der Waals surface area contributed by atoms with Crippen molar-refractivity contribution >= 4 is 11.6 Å². The largest absolute Gasteiger partial charge is 0.203 e. The molecule has 1 aliphatic rings. The minimum absolute atomic E-state index is 0.178. The predicted octanol–water partition coefficient (Wildman–Crippen LogP) is 8.67. The van der Waals surface area contributed by atoms with Gasteiger partial charge in [0, 0.05) is 5.54 Å². The summed E-state index contributed by atoms with van der Waals surface area (Å²) >= 11 is 5.49. The number of allylic oxidation sites excluding steroid dienone is 1. The number of unbranched alkanes of at least 4 members (excludes halogenated alkanes) is 5. The first-order chi connectivity index (χ1) is 13.2. The van der Waals surface area contributed by atoms with Gasteiger partial charge in [-0.1, -0.05) is 81.7 Å². The molecule has 2 rings (SSSR count). The summed E-state index contributed by atoms with van der Waals surface area (Å²) in [5, 5.41) is 0. The summed E-state index contributed by atoms with van der Waals surface area (Å²) in [7, 11) is 0. The number of hydrogen-bond acceptors (Lipinski definition) is 0. The van der Waals surface area contributed by atoms with Crippen LogP contribution in [0.4, 0.5) is 8.78 Å². The highest BCUT2D eigenvalue weighted by Gasteiger charge is 2.26. The number of aryl methyl sites for hydroxylation is 1. The fourth-order valence-corrected chi connectivity index (χ4v) is 4.52. The number of hydrogen-bond donors (Lipinski definition) is 0. The zero-order chi connectivity index (χ0) is 19.5. The summed E-state index contributed by atoms with van der Waals surface area (Å²) in [4.78, 5) is 0. The third kappa shape index (κ3) is 7.22. The lowest BCUT2D eigenvalue weighted by Crippen LogP contribution is -2.15. The van der Waals surface area contributed by atoms with E-state index in [4.69, 9.17) is 11.6 Å². The molecule has 0 aliphatic heterocycles. The lowest BCUT2D eigenvalue weighted by molar-refractivity contribution is 0.296. The molecule has 1 aliphatic carbocycles. The van der Waals surface area contributed by atoms with E-state index in [0.717, 1.165) is 31.6 Å². The van der Waals surface area contributed by atoms with Crippen LogP contribution in [0.25, 0.3) is 0 Å². The molecule has 152 valence electrons. The maximum Gasteiger partial charge on any atom is 0.162 e. The second-order valence-corrected chi connectivity index (χ2v) is 8.37. The molecule has 0 bridgehead atoms. The van der Waals surface area contributed by atoms with Crippen LogP contribution < -0.4 is 0 Å². The average Bonchev–Trinajstić information content (AvgIpc) is 2.69. The van der Waals surface area contributed by atoms with E-state index in [2.05, 4.69) is 6.92 Å². The Balaban J connectivity index is 1.79. The van der Waals surface area contributed by atoms with Crippen LogP contribution in [-0.2, 0) is 6.42 Å². The molecule has 0 heterocycles. The molecule has 0 amide bonds. The van der Waals surface area contributed by atoms with Crippen molar-refractivity contribution in [1.29, 1.82) is 0 Å². The molecule has 0 radical (unpaired) electrons. The minimum Gasteiger partial charge on any atom is -0.203 e. The Morgan fingerprint density at radius 2 is 1.67 bits per heavy atom. The Hall–Kier alpha value is -0.890. The van der Waals surface area contributed by atoms with Crippen molar-refractivity contribution in [3.05, 3.63) is 46.5 Å². The van der Waals surface area contributed by atoms with Gasteiger partial charge in [-0.15, -0.1) is 0 Å². The van der Waals surface area contributed by atoms with Crippen molar-refractivity contribution in [3.63, 3.8) is 0 Å². The van der Waals surface area contributed by atoms with Crippen LogP contribution in [0.15, 0.2) is 23.7 Å². The van der Waals surface area contributed by atoms with Gasteiger partial charge in [-0.05, 0) is 61.5 Å². The minimum atomic E-state index is -0.662. The van der Waals surface area contributed by atoms with Gasteiger partial charge in [0.2, 0.25) is 0 Å². The highest BCUT2D eigenvalue weighted by atomic mass is 35.5. The summed E-state index contributed by atoms with van der Waals surface area (Å²) in [6.45, 7) is 2.25. The van der Waals surface area contributed by atoms with Gasteiger partial charge < -0.3 is 0 Å². The Morgan fingerprint density at radius 3 is 2.37 bits per heavy atom. The lowest BCUT2D eigenvalue weighted by Gasteiger charge is -2.29. The first-order valence-electron chi connectivity index (χ1n) is 10.9. The van der Waals surface area contributed by atoms with Gasteiger partial charge in [-0.3, -0.25) is 0 Å². The van der Waals surface area contributed by atoms with Crippen LogP contribution in [0.1, 0.15) is 101 Å². The molecule has 1 saturated carbocycles. The van der Waals surface area contributed by atoms with E-state index in [1.54, 1.807) is 12.1 Å². The van der Waals surface area contributed by atoms with E-state index < -0.39 is 11.6 Å². The first-order valence-corrected chi connectivity index (χ1v) is 11.3. The number of halogens is 3. The standard InChI is InChI=1S/C24H35ClF2/c1-2-3-4-5-6-7-10-19-12-14-20(15-13-19)22-17-16-21(11-8-9-18-25)23(26)24(22)27/h9,16-20H,2-8,10-15H2,1H3/b18-9+/t19-,20-.